The first-order chi connectivity index (χ1) is 10.8. The summed E-state index contributed by atoms with van der Waals surface area (Å²) < 4.78 is 23.9. The molecule has 0 amide bonds. The Bertz CT molecular complexity index is 585. The second kappa shape index (κ2) is 8.55. The predicted octanol–water partition coefficient (Wildman–Crippen LogP) is 2.75. The monoisotopic (exact) mass is 322 g/mol. The van der Waals surface area contributed by atoms with E-state index in [4.69, 9.17) is 9.47 Å². The van der Waals surface area contributed by atoms with E-state index in [9.17, 15) is 4.39 Å². The Morgan fingerprint density at radius 2 is 1.74 bits per heavy atom. The van der Waals surface area contributed by atoms with Gasteiger partial charge in [0.05, 0.1) is 13.2 Å². The molecule has 4 nitrogen and oxygen atoms in total. The van der Waals surface area contributed by atoms with E-state index in [1.165, 1.54) is 12.3 Å². The molecule has 1 aromatic carbocycles. The summed E-state index contributed by atoms with van der Waals surface area (Å²) in [5.41, 5.74) is 1.88. The third kappa shape index (κ3) is 4.97. The van der Waals surface area contributed by atoms with Crippen molar-refractivity contribution >= 4 is 0 Å². The first kappa shape index (κ1) is 17.3. The van der Waals surface area contributed by atoms with E-state index in [0.717, 1.165) is 49.7 Å². The van der Waals surface area contributed by atoms with Crippen molar-refractivity contribution in [3.63, 3.8) is 0 Å². The van der Waals surface area contributed by atoms with Crippen LogP contribution >= 0.6 is 0 Å². The van der Waals surface area contributed by atoms with Crippen LogP contribution in [0.25, 0.3) is 11.1 Å². The van der Waals surface area contributed by atoms with Crippen molar-refractivity contribution < 1.29 is 18.6 Å². The van der Waals surface area contributed by atoms with Crippen molar-refractivity contribution in [2.24, 2.45) is 0 Å². The molecule has 124 valence electrons. The van der Waals surface area contributed by atoms with Crippen LogP contribution in [-0.4, -0.2) is 49.3 Å². The van der Waals surface area contributed by atoms with Crippen molar-refractivity contribution in [3.05, 3.63) is 48.5 Å². The first-order valence-corrected chi connectivity index (χ1v) is 7.46. The molecule has 0 bridgehead atoms. The molecule has 0 saturated carbocycles. The molecule has 23 heavy (non-hydrogen) atoms. The van der Waals surface area contributed by atoms with Gasteiger partial charge in [-0.2, -0.15) is 4.39 Å². The Hall–Kier alpha value is -2.05. The smallest absolute Gasteiger partial charge is 0.212 e. The number of pyridine rings is 1. The van der Waals surface area contributed by atoms with Gasteiger partial charge < -0.3 is 9.47 Å². The Labute approximate surface area is 134 Å². The van der Waals surface area contributed by atoms with Gasteiger partial charge in [-0.25, -0.2) is 4.98 Å². The van der Waals surface area contributed by atoms with Gasteiger partial charge in [0.2, 0.25) is 5.95 Å². The third-order valence-electron chi connectivity index (χ3n) is 3.69. The lowest BCUT2D eigenvalue weighted by Gasteiger charge is -2.26. The van der Waals surface area contributed by atoms with Crippen LogP contribution in [0, 0.1) is 5.95 Å². The Morgan fingerprint density at radius 3 is 2.39 bits per heavy atom. The largest absolute Gasteiger partial charge is 0.492 e. The summed E-state index contributed by atoms with van der Waals surface area (Å²) in [7, 11) is 0. The zero-order chi connectivity index (χ0) is 15.2. The summed E-state index contributed by atoms with van der Waals surface area (Å²) in [5, 5.41) is 0. The average molecular weight is 322 g/mol. The van der Waals surface area contributed by atoms with E-state index in [2.05, 4.69) is 9.88 Å². The quantitative estimate of drug-likeness (QED) is 0.793. The summed E-state index contributed by atoms with van der Waals surface area (Å²) in [6.45, 7) is 5.13. The van der Waals surface area contributed by atoms with Crippen LogP contribution in [0.15, 0.2) is 42.6 Å². The van der Waals surface area contributed by atoms with E-state index in [0.29, 0.717) is 6.61 Å². The topological polar surface area (TPSA) is 34.6 Å². The minimum absolute atomic E-state index is 0. The molecule has 0 unspecified atom stereocenters. The summed E-state index contributed by atoms with van der Waals surface area (Å²) >= 11 is 0. The lowest BCUT2D eigenvalue weighted by atomic mass is 10.1. The van der Waals surface area contributed by atoms with Gasteiger partial charge in [0, 0.05) is 31.4 Å². The lowest BCUT2D eigenvalue weighted by molar-refractivity contribution is 0.0322. The van der Waals surface area contributed by atoms with Gasteiger partial charge in [0.25, 0.3) is 0 Å². The van der Waals surface area contributed by atoms with Crippen molar-refractivity contribution in [2.75, 3.05) is 39.5 Å². The number of hydrogen-bond donors (Lipinski definition) is 0. The van der Waals surface area contributed by atoms with Gasteiger partial charge in [-0.05, 0) is 29.8 Å². The van der Waals surface area contributed by atoms with Crippen LogP contribution in [0.3, 0.4) is 0 Å². The van der Waals surface area contributed by atoms with Crippen molar-refractivity contribution in [2.45, 2.75) is 0 Å². The second-order valence-electron chi connectivity index (χ2n) is 5.20. The Kier molecular flexibility index (Phi) is 6.43. The molecular formula is C17H20F2N2O2. The van der Waals surface area contributed by atoms with E-state index < -0.39 is 5.95 Å². The molecule has 2 aromatic rings. The second-order valence-corrected chi connectivity index (χ2v) is 5.20. The first-order valence-electron chi connectivity index (χ1n) is 7.46. The molecule has 1 aliphatic rings. The van der Waals surface area contributed by atoms with Gasteiger partial charge in [-0.15, -0.1) is 0 Å². The maximum absolute atomic E-state index is 12.8. The molecule has 6 heteroatoms. The molecule has 1 saturated heterocycles. The van der Waals surface area contributed by atoms with Gasteiger partial charge in [-0.1, -0.05) is 12.1 Å². The van der Waals surface area contributed by atoms with Crippen molar-refractivity contribution in [1.29, 1.82) is 0 Å². The highest BCUT2D eigenvalue weighted by Gasteiger charge is 2.09. The third-order valence-corrected chi connectivity index (χ3v) is 3.69. The van der Waals surface area contributed by atoms with Crippen LogP contribution < -0.4 is 4.74 Å². The highest BCUT2D eigenvalue weighted by molar-refractivity contribution is 5.62. The fourth-order valence-electron chi connectivity index (χ4n) is 2.41. The van der Waals surface area contributed by atoms with Crippen molar-refractivity contribution in [3.8, 4) is 16.9 Å². The zero-order valence-corrected chi connectivity index (χ0v) is 12.8. The molecule has 0 radical (unpaired) electrons. The molecule has 0 atom stereocenters. The SMILES string of the molecule is F.Fc1ccc(-c2ccc(OCCN3CCOCC3)cc2)cn1. The van der Waals surface area contributed by atoms with Crippen LogP contribution in [0.4, 0.5) is 9.09 Å². The zero-order valence-electron chi connectivity index (χ0n) is 12.8. The molecule has 0 N–H and O–H groups in total. The molecule has 1 aromatic heterocycles. The molecule has 0 spiro atoms. The van der Waals surface area contributed by atoms with Crippen LogP contribution in [0.2, 0.25) is 0 Å². The Balaban J connectivity index is 0.00000192. The van der Waals surface area contributed by atoms with E-state index >= 15 is 0 Å². The molecular weight excluding hydrogens is 302 g/mol. The minimum Gasteiger partial charge on any atom is -0.492 e. The highest BCUT2D eigenvalue weighted by Crippen LogP contribution is 2.21. The van der Waals surface area contributed by atoms with Gasteiger partial charge in [-0.3, -0.25) is 9.60 Å². The minimum atomic E-state index is -0.466. The number of morpholine rings is 1. The van der Waals surface area contributed by atoms with E-state index in [1.54, 1.807) is 6.07 Å². The number of aromatic nitrogens is 1. The predicted molar refractivity (Wildman–Crippen MR) is 84.9 cm³/mol. The fourth-order valence-corrected chi connectivity index (χ4v) is 2.41. The molecule has 2 heterocycles. The van der Waals surface area contributed by atoms with Crippen LogP contribution in [0.1, 0.15) is 0 Å². The number of benzene rings is 1. The lowest BCUT2D eigenvalue weighted by Crippen LogP contribution is -2.38. The van der Waals surface area contributed by atoms with Crippen LogP contribution in [0.5, 0.6) is 5.75 Å². The molecule has 1 aliphatic heterocycles. The molecule has 1 fully saturated rings. The highest BCUT2D eigenvalue weighted by atomic mass is 19.1. The fraction of sp³-hybridized carbons (Fsp3) is 0.353. The summed E-state index contributed by atoms with van der Waals surface area (Å²) in [6.07, 6.45) is 1.53. The van der Waals surface area contributed by atoms with E-state index in [-0.39, 0.29) is 4.70 Å². The van der Waals surface area contributed by atoms with Crippen LogP contribution in [-0.2, 0) is 4.74 Å². The number of hydrogen-bond acceptors (Lipinski definition) is 4. The van der Waals surface area contributed by atoms with Gasteiger partial charge in [0.15, 0.2) is 0 Å². The standard InChI is InChI=1S/C17H19FN2O2.FH/c18-17-6-3-15(13-19-17)14-1-4-16(5-2-14)22-12-9-20-7-10-21-11-8-20;/h1-6,13H,7-12H2;1H. The number of halogens is 2. The normalized spacial score (nSPS) is 15.0. The number of ether oxygens (including phenoxy) is 2. The number of rotatable bonds is 5. The summed E-state index contributed by atoms with van der Waals surface area (Å²) in [6, 6.07) is 10.9. The maximum atomic E-state index is 12.8. The summed E-state index contributed by atoms with van der Waals surface area (Å²) in [4.78, 5) is 6.00. The van der Waals surface area contributed by atoms with Crippen molar-refractivity contribution in [1.82, 2.24) is 9.88 Å². The van der Waals surface area contributed by atoms with Gasteiger partial charge in [0.1, 0.15) is 12.4 Å². The summed E-state index contributed by atoms with van der Waals surface area (Å²) in [5.74, 6) is 0.374. The Morgan fingerprint density at radius 1 is 1.04 bits per heavy atom. The van der Waals surface area contributed by atoms with E-state index in [1.807, 2.05) is 24.3 Å². The maximum Gasteiger partial charge on any atom is 0.212 e. The number of nitrogens with zero attached hydrogens (tertiary/aromatic N) is 2. The average Bonchev–Trinajstić information content (AvgIpc) is 2.57. The van der Waals surface area contributed by atoms with Gasteiger partial charge >= 0.3 is 0 Å². The molecule has 0 aliphatic carbocycles. The molecule has 3 rings (SSSR count).